The average molecular weight is 431 g/mol. The molecule has 0 radical (unpaired) electrons. The molecule has 0 saturated carbocycles. The molecule has 2 aromatic carbocycles. The van der Waals surface area contributed by atoms with Crippen molar-refractivity contribution in [1.82, 2.24) is 9.62 Å². The molecule has 30 heavy (non-hydrogen) atoms. The number of rotatable bonds is 7. The van der Waals surface area contributed by atoms with Crippen LogP contribution in [0, 0.1) is 5.92 Å². The Kier molecular flexibility index (Phi) is 7.28. The van der Waals surface area contributed by atoms with Crippen LogP contribution in [0.1, 0.15) is 48.3 Å². The van der Waals surface area contributed by atoms with Gasteiger partial charge >= 0.3 is 0 Å². The Morgan fingerprint density at radius 1 is 1.07 bits per heavy atom. The van der Waals surface area contributed by atoms with Gasteiger partial charge in [-0.15, -0.1) is 0 Å². The summed E-state index contributed by atoms with van der Waals surface area (Å²) in [4.78, 5) is 12.9. The van der Waals surface area contributed by atoms with Crippen LogP contribution in [0.3, 0.4) is 0 Å². The van der Waals surface area contributed by atoms with Gasteiger partial charge < -0.3 is 10.1 Å². The summed E-state index contributed by atoms with van der Waals surface area (Å²) in [6.45, 7) is 7.70. The first-order chi connectivity index (χ1) is 14.3. The molecule has 1 fully saturated rings. The zero-order valence-electron chi connectivity index (χ0n) is 17.8. The normalized spacial score (nSPS) is 16.4. The smallest absolute Gasteiger partial charge is 0.251 e. The van der Waals surface area contributed by atoms with Gasteiger partial charge in [0.25, 0.3) is 5.91 Å². The summed E-state index contributed by atoms with van der Waals surface area (Å²) in [6, 6.07) is 14.3. The summed E-state index contributed by atoms with van der Waals surface area (Å²) in [7, 11) is -3.64. The predicted molar refractivity (Wildman–Crippen MR) is 117 cm³/mol. The maximum Gasteiger partial charge on any atom is 0.251 e. The summed E-state index contributed by atoms with van der Waals surface area (Å²) in [5.74, 6) is 0.293. The van der Waals surface area contributed by atoms with Crippen LogP contribution in [0.5, 0.6) is 0 Å². The minimum atomic E-state index is -3.64. The molecule has 3 rings (SSSR count). The number of hydrogen-bond donors (Lipinski definition) is 1. The van der Waals surface area contributed by atoms with Gasteiger partial charge in [-0.25, -0.2) is 8.42 Å². The second kappa shape index (κ2) is 9.73. The van der Waals surface area contributed by atoms with E-state index in [0.717, 1.165) is 12.0 Å². The lowest BCUT2D eigenvalue weighted by Gasteiger charge is -2.26. The van der Waals surface area contributed by atoms with Gasteiger partial charge in [0.1, 0.15) is 0 Å². The Hall–Kier alpha value is -2.22. The number of carbonyl (C=O) groups is 1. The van der Waals surface area contributed by atoms with E-state index < -0.39 is 10.0 Å². The van der Waals surface area contributed by atoms with Crippen LogP contribution in [0.2, 0.25) is 0 Å². The third-order valence-electron chi connectivity index (χ3n) is 5.18. The average Bonchev–Trinajstić information content (AvgIpc) is 2.74. The number of nitrogens with one attached hydrogen (secondary N) is 1. The van der Waals surface area contributed by atoms with Crippen LogP contribution in [0.25, 0.3) is 0 Å². The zero-order valence-corrected chi connectivity index (χ0v) is 18.6. The lowest BCUT2D eigenvalue weighted by Crippen LogP contribution is -2.40. The van der Waals surface area contributed by atoms with Crippen LogP contribution in [0.4, 0.5) is 0 Å². The molecule has 1 saturated heterocycles. The number of sulfonamides is 1. The van der Waals surface area contributed by atoms with E-state index in [1.54, 1.807) is 12.1 Å². The molecule has 6 nitrogen and oxygen atoms in total. The van der Waals surface area contributed by atoms with Crippen molar-refractivity contribution in [1.29, 1.82) is 0 Å². The van der Waals surface area contributed by atoms with Crippen LogP contribution >= 0.6 is 0 Å². The third kappa shape index (κ3) is 5.47. The van der Waals surface area contributed by atoms with Crippen molar-refractivity contribution in [2.24, 2.45) is 5.92 Å². The standard InChI is InChI=1S/C23H30N2O4S/c1-17(2)15-19-7-9-20(10-8-19)18(3)24-23(26)21-5-4-6-22(16-21)30(27,28)25-11-13-29-14-12-25/h4-10,16-18H,11-15H2,1-3H3,(H,24,26). The van der Waals surface area contributed by atoms with Crippen molar-refractivity contribution in [2.45, 2.75) is 38.1 Å². The van der Waals surface area contributed by atoms with E-state index in [2.05, 4.69) is 31.3 Å². The zero-order chi connectivity index (χ0) is 21.7. The van der Waals surface area contributed by atoms with Crippen molar-refractivity contribution in [2.75, 3.05) is 26.3 Å². The van der Waals surface area contributed by atoms with Crippen LogP contribution in [0.15, 0.2) is 53.4 Å². The Balaban J connectivity index is 1.70. The topological polar surface area (TPSA) is 75.7 Å². The molecule has 0 spiro atoms. The van der Waals surface area contributed by atoms with E-state index in [-0.39, 0.29) is 16.8 Å². The molecule has 162 valence electrons. The first kappa shape index (κ1) is 22.5. The van der Waals surface area contributed by atoms with Gasteiger partial charge in [-0.2, -0.15) is 4.31 Å². The maximum atomic E-state index is 12.9. The first-order valence-electron chi connectivity index (χ1n) is 10.3. The molecule has 1 aliphatic rings. The highest BCUT2D eigenvalue weighted by atomic mass is 32.2. The summed E-state index contributed by atoms with van der Waals surface area (Å²) in [6.07, 6.45) is 1.02. The van der Waals surface area contributed by atoms with Crippen molar-refractivity contribution in [3.8, 4) is 0 Å². The van der Waals surface area contributed by atoms with E-state index in [1.807, 2.05) is 19.1 Å². The number of nitrogens with zero attached hydrogens (tertiary/aromatic N) is 1. The first-order valence-corrected chi connectivity index (χ1v) is 11.8. The molecule has 0 aromatic heterocycles. The summed E-state index contributed by atoms with van der Waals surface area (Å²) < 4.78 is 32.3. The van der Waals surface area contributed by atoms with Gasteiger partial charge in [-0.05, 0) is 48.6 Å². The Morgan fingerprint density at radius 2 is 1.73 bits per heavy atom. The second-order valence-electron chi connectivity index (χ2n) is 8.08. The Morgan fingerprint density at radius 3 is 2.37 bits per heavy atom. The van der Waals surface area contributed by atoms with Crippen LogP contribution in [-0.4, -0.2) is 44.9 Å². The fourth-order valence-corrected chi connectivity index (χ4v) is 4.97. The molecular formula is C23H30N2O4S. The molecule has 2 aromatic rings. The minimum absolute atomic E-state index is 0.128. The lowest BCUT2D eigenvalue weighted by atomic mass is 10.00. The van der Waals surface area contributed by atoms with E-state index in [1.165, 1.54) is 22.0 Å². The number of benzene rings is 2. The van der Waals surface area contributed by atoms with Gasteiger partial charge in [-0.1, -0.05) is 44.2 Å². The summed E-state index contributed by atoms with van der Waals surface area (Å²) >= 11 is 0. The van der Waals surface area contributed by atoms with Gasteiger partial charge in [0.15, 0.2) is 0 Å². The summed E-state index contributed by atoms with van der Waals surface area (Å²) in [5.41, 5.74) is 2.61. The number of ether oxygens (including phenoxy) is 1. The molecule has 1 aliphatic heterocycles. The fraction of sp³-hybridized carbons (Fsp3) is 0.435. The highest BCUT2D eigenvalue weighted by molar-refractivity contribution is 7.89. The molecule has 0 aliphatic carbocycles. The van der Waals surface area contributed by atoms with Crippen molar-refractivity contribution < 1.29 is 17.9 Å². The minimum Gasteiger partial charge on any atom is -0.379 e. The van der Waals surface area contributed by atoms with E-state index in [9.17, 15) is 13.2 Å². The molecule has 7 heteroatoms. The summed E-state index contributed by atoms with van der Waals surface area (Å²) in [5, 5.41) is 2.96. The second-order valence-corrected chi connectivity index (χ2v) is 10.0. The molecule has 1 amide bonds. The number of carbonyl (C=O) groups excluding carboxylic acids is 1. The highest BCUT2D eigenvalue weighted by Crippen LogP contribution is 2.20. The Labute approximate surface area is 179 Å². The van der Waals surface area contributed by atoms with Gasteiger partial charge in [0.2, 0.25) is 10.0 Å². The van der Waals surface area contributed by atoms with E-state index >= 15 is 0 Å². The predicted octanol–water partition coefficient (Wildman–Crippen LogP) is 3.40. The fourth-order valence-electron chi connectivity index (χ4n) is 3.51. The number of hydrogen-bond acceptors (Lipinski definition) is 4. The highest BCUT2D eigenvalue weighted by Gasteiger charge is 2.27. The monoisotopic (exact) mass is 430 g/mol. The van der Waals surface area contributed by atoms with Crippen molar-refractivity contribution in [3.63, 3.8) is 0 Å². The van der Waals surface area contributed by atoms with Gasteiger partial charge in [0, 0.05) is 18.7 Å². The molecule has 1 heterocycles. The van der Waals surface area contributed by atoms with Gasteiger partial charge in [-0.3, -0.25) is 4.79 Å². The maximum absolute atomic E-state index is 12.9. The third-order valence-corrected chi connectivity index (χ3v) is 7.07. The van der Waals surface area contributed by atoms with Crippen molar-refractivity contribution >= 4 is 15.9 Å². The quantitative estimate of drug-likeness (QED) is 0.731. The molecule has 1 N–H and O–H groups in total. The largest absolute Gasteiger partial charge is 0.379 e. The molecular weight excluding hydrogens is 400 g/mol. The SMILES string of the molecule is CC(C)Cc1ccc(C(C)NC(=O)c2cccc(S(=O)(=O)N3CCOCC3)c2)cc1. The molecule has 1 atom stereocenters. The lowest BCUT2D eigenvalue weighted by molar-refractivity contribution is 0.0730. The number of morpholine rings is 1. The van der Waals surface area contributed by atoms with E-state index in [4.69, 9.17) is 4.74 Å². The van der Waals surface area contributed by atoms with Gasteiger partial charge in [0.05, 0.1) is 24.2 Å². The van der Waals surface area contributed by atoms with Crippen LogP contribution in [-0.2, 0) is 21.2 Å². The van der Waals surface area contributed by atoms with Crippen LogP contribution < -0.4 is 5.32 Å². The van der Waals surface area contributed by atoms with Crippen molar-refractivity contribution in [3.05, 3.63) is 65.2 Å². The molecule has 1 unspecified atom stereocenters. The number of amides is 1. The Bertz CT molecular complexity index is 965. The van der Waals surface area contributed by atoms with E-state index in [0.29, 0.717) is 37.8 Å². The molecule has 0 bridgehead atoms.